The molecule has 0 aromatic carbocycles. The number of ether oxygens (including phenoxy) is 2. The third-order valence-corrected chi connectivity index (χ3v) is 7.19. The monoisotopic (exact) mass is 538 g/mol. The number of amides is 1. The molecule has 0 spiro atoms. The van der Waals surface area contributed by atoms with Crippen molar-refractivity contribution in [2.24, 2.45) is 0 Å². The van der Waals surface area contributed by atoms with Crippen molar-refractivity contribution < 1.29 is 19.1 Å². The van der Waals surface area contributed by atoms with Crippen molar-refractivity contribution in [2.75, 3.05) is 38.2 Å². The highest BCUT2D eigenvalue weighted by Gasteiger charge is 2.41. The number of nitrogens with zero attached hydrogens (tertiary/aromatic N) is 6. The Morgan fingerprint density at radius 2 is 1.82 bits per heavy atom. The van der Waals surface area contributed by atoms with Crippen LogP contribution in [0.5, 0.6) is 0 Å². The molecule has 2 aromatic heterocycles. The predicted octanol–water partition coefficient (Wildman–Crippen LogP) is 3.94. The van der Waals surface area contributed by atoms with Gasteiger partial charge in [-0.15, -0.1) is 0 Å². The van der Waals surface area contributed by atoms with Crippen LogP contribution in [-0.4, -0.2) is 81.0 Å². The Hall–Kier alpha value is -3.56. The summed E-state index contributed by atoms with van der Waals surface area (Å²) >= 11 is 0. The largest absolute Gasteiger partial charge is 0.474 e. The van der Waals surface area contributed by atoms with E-state index in [1.54, 1.807) is 6.20 Å². The van der Waals surface area contributed by atoms with E-state index in [2.05, 4.69) is 49.1 Å². The zero-order chi connectivity index (χ0) is 28.8. The van der Waals surface area contributed by atoms with Gasteiger partial charge in [0.2, 0.25) is 0 Å². The van der Waals surface area contributed by atoms with Crippen molar-refractivity contribution in [3.63, 3.8) is 0 Å². The summed E-state index contributed by atoms with van der Waals surface area (Å²) < 4.78 is 12.3. The third kappa shape index (κ3) is 6.20. The van der Waals surface area contributed by atoms with Crippen LogP contribution in [0, 0.1) is 0 Å². The van der Waals surface area contributed by atoms with Crippen LogP contribution in [0.1, 0.15) is 65.3 Å². The van der Waals surface area contributed by atoms with Gasteiger partial charge in [-0.3, -0.25) is 4.79 Å². The average molecular weight is 539 g/mol. The topological polar surface area (TPSA) is 93.0 Å². The van der Waals surface area contributed by atoms with Gasteiger partial charge in [0, 0.05) is 56.1 Å². The second-order valence-corrected chi connectivity index (χ2v) is 12.7. The summed E-state index contributed by atoms with van der Waals surface area (Å²) in [6, 6.07) is 3.67. The number of hydrogen-bond donors (Lipinski definition) is 0. The van der Waals surface area contributed by atoms with Gasteiger partial charge in [0.25, 0.3) is 0 Å². The number of aromatic nitrogens is 3. The van der Waals surface area contributed by atoms with Crippen molar-refractivity contribution in [2.45, 2.75) is 78.0 Å². The molecule has 0 atom stereocenters. The number of carbonyl (C=O) groups excluding carboxylic acids is 2. The molecule has 1 amide bonds. The number of fused-ring (bicyclic) bond motifs is 1. The van der Waals surface area contributed by atoms with E-state index in [1.165, 1.54) is 11.8 Å². The summed E-state index contributed by atoms with van der Waals surface area (Å²) in [5.41, 5.74) is 1.68. The number of methoxy groups -OCH3 is 1. The lowest BCUT2D eigenvalue weighted by Gasteiger charge is -2.47. The molecule has 1 saturated heterocycles. The number of hydrogen-bond acceptors (Lipinski definition) is 8. The lowest BCUT2D eigenvalue weighted by Crippen LogP contribution is -2.62. The number of carbonyl (C=O) groups is 2. The molecule has 10 nitrogen and oxygen atoms in total. The summed E-state index contributed by atoms with van der Waals surface area (Å²) in [7, 11) is 1.38. The quantitative estimate of drug-likeness (QED) is 0.418. The third-order valence-electron chi connectivity index (χ3n) is 7.19. The molecule has 0 unspecified atom stereocenters. The van der Waals surface area contributed by atoms with E-state index < -0.39 is 5.54 Å². The van der Waals surface area contributed by atoms with E-state index >= 15 is 0 Å². The number of esters is 1. The average Bonchev–Trinajstić information content (AvgIpc) is 3.27. The normalized spacial score (nSPS) is 18.4. The lowest BCUT2D eigenvalue weighted by molar-refractivity contribution is -0.139. The van der Waals surface area contributed by atoms with Gasteiger partial charge in [-0.1, -0.05) is 19.9 Å². The van der Waals surface area contributed by atoms with Crippen LogP contribution < -0.4 is 4.90 Å². The molecule has 0 saturated carbocycles. The van der Waals surface area contributed by atoms with Crippen LogP contribution >= 0.6 is 0 Å². The molecule has 212 valence electrons. The lowest BCUT2D eigenvalue weighted by atomic mass is 9.83. The van der Waals surface area contributed by atoms with Gasteiger partial charge < -0.3 is 24.2 Å². The first kappa shape index (κ1) is 28.4. The Kier molecular flexibility index (Phi) is 7.44. The minimum absolute atomic E-state index is 0.137. The molecule has 10 heteroatoms. The molecule has 2 aliphatic heterocycles. The van der Waals surface area contributed by atoms with Crippen molar-refractivity contribution in [3.05, 3.63) is 53.8 Å². The molecule has 0 radical (unpaired) electrons. The van der Waals surface area contributed by atoms with E-state index in [0.717, 1.165) is 22.6 Å². The highest BCUT2D eigenvalue weighted by atomic mass is 16.5. The number of pyridine rings is 1. The maximum Gasteiger partial charge on any atom is 0.345 e. The first-order valence-electron chi connectivity index (χ1n) is 13.4. The smallest absolute Gasteiger partial charge is 0.345 e. The van der Waals surface area contributed by atoms with Crippen molar-refractivity contribution in [1.29, 1.82) is 0 Å². The second kappa shape index (κ2) is 10.2. The molecular formula is C29H42N6O4. The maximum absolute atomic E-state index is 13.8. The van der Waals surface area contributed by atoms with Gasteiger partial charge in [0.1, 0.15) is 11.4 Å². The molecule has 39 heavy (non-hydrogen) atoms. The minimum atomic E-state index is -0.454. The minimum Gasteiger partial charge on any atom is -0.474 e. The second-order valence-electron chi connectivity index (χ2n) is 12.7. The Balaban J connectivity index is 1.47. The molecule has 2 aliphatic rings. The van der Waals surface area contributed by atoms with E-state index in [4.69, 9.17) is 14.6 Å². The van der Waals surface area contributed by atoms with Gasteiger partial charge in [-0.05, 0) is 52.8 Å². The van der Waals surface area contributed by atoms with Gasteiger partial charge in [0.15, 0.2) is 5.88 Å². The number of anilines is 1. The molecule has 4 rings (SSSR count). The fourth-order valence-corrected chi connectivity index (χ4v) is 5.38. The van der Waals surface area contributed by atoms with Crippen LogP contribution in [-0.2, 0) is 32.6 Å². The Labute approximate surface area is 231 Å². The summed E-state index contributed by atoms with van der Waals surface area (Å²) in [6.45, 7) is 21.7. The highest BCUT2D eigenvalue weighted by Crippen LogP contribution is 2.35. The first-order valence-corrected chi connectivity index (χ1v) is 13.4. The standard InChI is InChI=1S/C29H42N6O4/c1-20(39-27(2,3)4)33-16-22-17-35(31-25(22)28(5,6)18-33)26(37)34-13-12-32(19-29(34,7)8)23-11-10-21(15-30-23)14-24(36)38-9/h10-11,15,17H,1,12-14,16,18-19H2,2-9H3. The van der Waals surface area contributed by atoms with Crippen molar-refractivity contribution >= 4 is 17.8 Å². The van der Waals surface area contributed by atoms with Crippen molar-refractivity contribution in [3.8, 4) is 0 Å². The van der Waals surface area contributed by atoms with Crippen LogP contribution in [0.3, 0.4) is 0 Å². The summed E-state index contributed by atoms with van der Waals surface area (Å²) in [4.78, 5) is 36.0. The molecule has 2 aromatic rings. The van der Waals surface area contributed by atoms with E-state index in [1.807, 2.05) is 44.0 Å². The molecular weight excluding hydrogens is 496 g/mol. The molecule has 0 bridgehead atoms. The zero-order valence-corrected chi connectivity index (χ0v) is 24.6. The van der Waals surface area contributed by atoms with Crippen LogP contribution in [0.4, 0.5) is 10.6 Å². The van der Waals surface area contributed by atoms with Gasteiger partial charge in [-0.2, -0.15) is 9.78 Å². The Bertz CT molecular complexity index is 1240. The Morgan fingerprint density at radius 3 is 2.41 bits per heavy atom. The molecule has 1 fully saturated rings. The number of piperazine rings is 1. The van der Waals surface area contributed by atoms with Crippen molar-refractivity contribution in [1.82, 2.24) is 24.6 Å². The fraction of sp³-hybridized carbons (Fsp3) is 0.586. The molecule has 4 heterocycles. The summed E-state index contributed by atoms with van der Waals surface area (Å²) in [6.07, 6.45) is 3.76. The molecule has 0 N–H and O–H groups in total. The SMILES string of the molecule is C=C(OC(C)(C)C)N1Cc2cn(C(=O)N3CCN(c4ccc(CC(=O)OC)cn4)CC3(C)C)nc2C(C)(C)C1. The molecule has 0 aliphatic carbocycles. The maximum atomic E-state index is 13.8. The Morgan fingerprint density at radius 1 is 1.10 bits per heavy atom. The van der Waals surface area contributed by atoms with E-state index in [-0.39, 0.29) is 29.4 Å². The van der Waals surface area contributed by atoms with Gasteiger partial charge in [0.05, 0.1) is 24.8 Å². The zero-order valence-electron chi connectivity index (χ0n) is 24.6. The first-order chi connectivity index (χ1) is 18.1. The number of rotatable bonds is 5. The summed E-state index contributed by atoms with van der Waals surface area (Å²) in [5, 5.41) is 4.79. The van der Waals surface area contributed by atoms with E-state index in [9.17, 15) is 9.59 Å². The predicted molar refractivity (Wildman–Crippen MR) is 149 cm³/mol. The summed E-state index contributed by atoms with van der Waals surface area (Å²) in [5.74, 6) is 1.15. The fourth-order valence-electron chi connectivity index (χ4n) is 5.38. The highest BCUT2D eigenvalue weighted by molar-refractivity contribution is 5.77. The van der Waals surface area contributed by atoms with E-state index in [0.29, 0.717) is 38.6 Å². The van der Waals surface area contributed by atoms with Crippen LogP contribution in [0.2, 0.25) is 0 Å². The van der Waals surface area contributed by atoms with Crippen LogP contribution in [0.15, 0.2) is 37.0 Å². The van der Waals surface area contributed by atoms with Crippen LogP contribution in [0.25, 0.3) is 0 Å². The van der Waals surface area contributed by atoms with Gasteiger partial charge in [-0.25, -0.2) is 9.78 Å². The van der Waals surface area contributed by atoms with Gasteiger partial charge >= 0.3 is 12.0 Å².